The third kappa shape index (κ3) is 4.24. The number of hydrogen-bond donors (Lipinski definition) is 1. The van der Waals surface area contributed by atoms with Gasteiger partial charge in [0.15, 0.2) is 0 Å². The van der Waals surface area contributed by atoms with Crippen molar-refractivity contribution >= 4 is 11.6 Å². The zero-order chi connectivity index (χ0) is 15.3. The monoisotopic (exact) mass is 294 g/mol. The van der Waals surface area contributed by atoms with Gasteiger partial charge in [-0.15, -0.1) is 0 Å². The number of anilines is 1. The average molecular weight is 294 g/mol. The Morgan fingerprint density at radius 1 is 0.952 bits per heavy atom. The first-order valence-electron chi connectivity index (χ1n) is 6.21. The zero-order valence-electron chi connectivity index (χ0n) is 11.0. The van der Waals surface area contributed by atoms with Gasteiger partial charge in [-0.1, -0.05) is 48.5 Å². The summed E-state index contributed by atoms with van der Waals surface area (Å²) in [7, 11) is 0. The molecule has 0 aliphatic rings. The maximum atomic E-state index is 12.4. The molecule has 21 heavy (non-hydrogen) atoms. The second-order valence-electron chi connectivity index (χ2n) is 4.35. The predicted octanol–water partition coefficient (Wildman–Crippen LogP) is 3.29. The second kappa shape index (κ2) is 6.30. The van der Waals surface area contributed by atoms with Gasteiger partial charge < -0.3 is 0 Å². The number of rotatable bonds is 4. The van der Waals surface area contributed by atoms with Gasteiger partial charge >= 0.3 is 12.1 Å². The van der Waals surface area contributed by atoms with E-state index in [-0.39, 0.29) is 6.54 Å². The van der Waals surface area contributed by atoms with Crippen LogP contribution in [0.25, 0.3) is 0 Å². The second-order valence-corrected chi connectivity index (χ2v) is 4.35. The summed E-state index contributed by atoms with van der Waals surface area (Å²) in [5.74, 6) is -2.00. The number of nitrogens with one attached hydrogen (secondary N) is 1. The van der Waals surface area contributed by atoms with Crippen molar-refractivity contribution < 1.29 is 18.0 Å². The molecule has 2 aromatic rings. The van der Waals surface area contributed by atoms with Crippen molar-refractivity contribution in [3.05, 3.63) is 66.2 Å². The van der Waals surface area contributed by atoms with Crippen LogP contribution in [0.1, 0.15) is 5.56 Å². The first kappa shape index (κ1) is 14.9. The lowest BCUT2D eigenvalue weighted by Gasteiger charge is -2.26. The first-order chi connectivity index (χ1) is 9.97. The molecule has 0 radical (unpaired) electrons. The van der Waals surface area contributed by atoms with E-state index < -0.39 is 12.1 Å². The Balaban J connectivity index is 2.21. The van der Waals surface area contributed by atoms with E-state index in [9.17, 15) is 18.0 Å². The van der Waals surface area contributed by atoms with Crippen molar-refractivity contribution in [2.45, 2.75) is 12.7 Å². The van der Waals surface area contributed by atoms with Crippen LogP contribution >= 0.6 is 0 Å². The summed E-state index contributed by atoms with van der Waals surface area (Å²) in [4.78, 5) is 11.2. The largest absolute Gasteiger partial charge is 0.472 e. The SMILES string of the molecule is O=C(NN(Cc1ccccc1)c1ccccc1)C(F)(F)F. The van der Waals surface area contributed by atoms with Crippen molar-refractivity contribution in [3.8, 4) is 0 Å². The van der Waals surface area contributed by atoms with E-state index in [0.717, 1.165) is 5.56 Å². The van der Waals surface area contributed by atoms with Crippen LogP contribution in [-0.4, -0.2) is 12.1 Å². The van der Waals surface area contributed by atoms with Crippen LogP contribution in [0, 0.1) is 0 Å². The molecule has 3 nitrogen and oxygen atoms in total. The fourth-order valence-electron chi connectivity index (χ4n) is 1.76. The van der Waals surface area contributed by atoms with Gasteiger partial charge in [0.05, 0.1) is 12.2 Å². The molecular weight excluding hydrogens is 281 g/mol. The third-order valence-electron chi connectivity index (χ3n) is 2.75. The number of halogens is 3. The minimum atomic E-state index is -4.93. The van der Waals surface area contributed by atoms with Crippen LogP contribution < -0.4 is 10.4 Å². The predicted molar refractivity (Wildman–Crippen MR) is 73.3 cm³/mol. The molecule has 2 aromatic carbocycles. The van der Waals surface area contributed by atoms with Gasteiger partial charge in [0, 0.05) is 0 Å². The lowest BCUT2D eigenvalue weighted by Crippen LogP contribution is -2.48. The molecule has 1 amide bonds. The quantitative estimate of drug-likeness (QED) is 0.878. The fraction of sp³-hybridized carbons (Fsp3) is 0.133. The Morgan fingerprint density at radius 3 is 2.00 bits per heavy atom. The van der Waals surface area contributed by atoms with Gasteiger partial charge in [0.25, 0.3) is 0 Å². The molecule has 0 fully saturated rings. The van der Waals surface area contributed by atoms with Crippen LogP contribution in [0.15, 0.2) is 60.7 Å². The molecule has 0 aliphatic heterocycles. The van der Waals surface area contributed by atoms with Crippen LogP contribution in [0.2, 0.25) is 0 Å². The van der Waals surface area contributed by atoms with E-state index in [2.05, 4.69) is 0 Å². The number of carbonyl (C=O) groups excluding carboxylic acids is 1. The summed E-state index contributed by atoms with van der Waals surface area (Å²) >= 11 is 0. The van der Waals surface area contributed by atoms with Crippen molar-refractivity contribution in [2.24, 2.45) is 0 Å². The molecule has 110 valence electrons. The van der Waals surface area contributed by atoms with E-state index in [0.29, 0.717) is 5.69 Å². The van der Waals surface area contributed by atoms with Gasteiger partial charge in [-0.05, 0) is 17.7 Å². The lowest BCUT2D eigenvalue weighted by molar-refractivity contribution is -0.173. The number of hydrogen-bond acceptors (Lipinski definition) is 2. The molecule has 0 heterocycles. The Hall–Kier alpha value is -2.50. The molecule has 0 unspecified atom stereocenters. The molecule has 2 rings (SSSR count). The highest BCUT2D eigenvalue weighted by Crippen LogP contribution is 2.18. The number of nitrogens with zero attached hydrogens (tertiary/aromatic N) is 1. The van der Waals surface area contributed by atoms with Gasteiger partial charge in [0.1, 0.15) is 0 Å². The number of benzene rings is 2. The van der Waals surface area contributed by atoms with Gasteiger partial charge in [-0.25, -0.2) is 0 Å². The first-order valence-corrected chi connectivity index (χ1v) is 6.21. The van der Waals surface area contributed by atoms with Crippen molar-refractivity contribution in [1.82, 2.24) is 5.43 Å². The summed E-state index contributed by atoms with van der Waals surface area (Å²) < 4.78 is 37.3. The fourth-order valence-corrected chi connectivity index (χ4v) is 1.76. The van der Waals surface area contributed by atoms with E-state index >= 15 is 0 Å². The topological polar surface area (TPSA) is 32.3 Å². The molecule has 6 heteroatoms. The zero-order valence-corrected chi connectivity index (χ0v) is 11.0. The molecule has 1 N–H and O–H groups in total. The summed E-state index contributed by atoms with van der Waals surface area (Å²) in [6, 6.07) is 17.3. The Labute approximate surface area is 120 Å². The molecule has 0 bridgehead atoms. The van der Waals surface area contributed by atoms with Gasteiger partial charge in [-0.2, -0.15) is 13.2 Å². The molecule has 0 aromatic heterocycles. The minimum absolute atomic E-state index is 0.132. The molecule has 0 saturated carbocycles. The van der Waals surface area contributed by atoms with Crippen LogP contribution in [-0.2, 0) is 11.3 Å². The summed E-state index contributed by atoms with van der Waals surface area (Å²) in [6.07, 6.45) is -4.93. The number of hydrazine groups is 1. The molecule has 0 spiro atoms. The highest BCUT2D eigenvalue weighted by atomic mass is 19.4. The van der Waals surface area contributed by atoms with Crippen LogP contribution in [0.3, 0.4) is 0 Å². The summed E-state index contributed by atoms with van der Waals surface area (Å²) in [5.41, 5.74) is 3.14. The van der Waals surface area contributed by atoms with E-state index in [1.807, 2.05) is 11.5 Å². The van der Waals surface area contributed by atoms with E-state index in [1.54, 1.807) is 54.6 Å². The average Bonchev–Trinajstić information content (AvgIpc) is 2.47. The third-order valence-corrected chi connectivity index (χ3v) is 2.75. The summed E-state index contributed by atoms with van der Waals surface area (Å²) in [6.45, 7) is 0.132. The van der Waals surface area contributed by atoms with Crippen LogP contribution in [0.4, 0.5) is 18.9 Å². The molecule has 0 aliphatic carbocycles. The summed E-state index contributed by atoms with van der Waals surface area (Å²) in [5, 5.41) is 1.17. The van der Waals surface area contributed by atoms with Gasteiger partial charge in [0.2, 0.25) is 0 Å². The highest BCUT2D eigenvalue weighted by molar-refractivity contribution is 5.83. The van der Waals surface area contributed by atoms with Crippen LogP contribution in [0.5, 0.6) is 0 Å². The standard InChI is InChI=1S/C15H13F3N2O/c16-15(17,18)14(21)19-20(13-9-5-2-6-10-13)11-12-7-3-1-4-8-12/h1-10H,11H2,(H,19,21). The molecular formula is C15H13F3N2O. The van der Waals surface area contributed by atoms with Gasteiger partial charge in [-0.3, -0.25) is 15.2 Å². The molecule has 0 atom stereocenters. The smallest absolute Gasteiger partial charge is 0.281 e. The Kier molecular flexibility index (Phi) is 4.47. The maximum absolute atomic E-state index is 12.4. The normalized spacial score (nSPS) is 11.0. The Morgan fingerprint density at radius 2 is 1.48 bits per heavy atom. The van der Waals surface area contributed by atoms with Crippen molar-refractivity contribution in [1.29, 1.82) is 0 Å². The van der Waals surface area contributed by atoms with E-state index in [4.69, 9.17) is 0 Å². The van der Waals surface area contributed by atoms with E-state index in [1.165, 1.54) is 5.01 Å². The minimum Gasteiger partial charge on any atom is -0.281 e. The molecule has 0 saturated heterocycles. The number of para-hydroxylation sites is 1. The van der Waals surface area contributed by atoms with Crippen molar-refractivity contribution in [3.63, 3.8) is 0 Å². The Bertz CT molecular complexity index is 585. The number of amides is 1. The maximum Gasteiger partial charge on any atom is 0.472 e. The number of carbonyl (C=O) groups is 1. The highest BCUT2D eigenvalue weighted by Gasteiger charge is 2.39. The number of alkyl halides is 3. The van der Waals surface area contributed by atoms with Crippen molar-refractivity contribution in [2.75, 3.05) is 5.01 Å². The lowest BCUT2D eigenvalue weighted by atomic mass is 10.2.